The molecule has 2 fully saturated rings. The van der Waals surface area contributed by atoms with E-state index in [1.165, 1.54) is 0 Å². The van der Waals surface area contributed by atoms with E-state index in [4.69, 9.17) is 0 Å². The maximum atomic E-state index is 12.4. The fourth-order valence-electron chi connectivity index (χ4n) is 2.93. The number of aliphatic carboxylic acids is 1. The van der Waals surface area contributed by atoms with Crippen LogP contribution in [0.4, 0.5) is 0 Å². The molecular weight excluding hydrogens is 232 g/mol. The Morgan fingerprint density at radius 3 is 2.61 bits per heavy atom. The Labute approximate surface area is 108 Å². The van der Waals surface area contributed by atoms with E-state index in [9.17, 15) is 14.7 Å². The summed E-state index contributed by atoms with van der Waals surface area (Å²) in [5.41, 5.74) is 0. The standard InChI is InChI=1S/C13H22N2O3/c16-12(10-5-4-7-14-9-10)15-8-3-1-2-6-11(15)13(17)18/h10-11,14H,1-9H2,(H,17,18). The van der Waals surface area contributed by atoms with Gasteiger partial charge in [-0.25, -0.2) is 4.79 Å². The predicted octanol–water partition coefficient (Wildman–Crippen LogP) is 0.842. The summed E-state index contributed by atoms with van der Waals surface area (Å²) in [6.07, 6.45) is 5.34. The van der Waals surface area contributed by atoms with Crippen LogP contribution in [0.25, 0.3) is 0 Å². The van der Waals surface area contributed by atoms with Crippen LogP contribution in [0.1, 0.15) is 38.5 Å². The molecule has 0 saturated carbocycles. The van der Waals surface area contributed by atoms with Crippen LogP contribution in [-0.4, -0.2) is 47.6 Å². The summed E-state index contributed by atoms with van der Waals surface area (Å²) in [4.78, 5) is 25.4. The van der Waals surface area contributed by atoms with E-state index in [2.05, 4.69) is 5.32 Å². The third-order valence-electron chi connectivity index (χ3n) is 3.97. The van der Waals surface area contributed by atoms with Crippen molar-refractivity contribution in [2.75, 3.05) is 19.6 Å². The Balaban J connectivity index is 2.06. The van der Waals surface area contributed by atoms with Crippen molar-refractivity contribution in [3.8, 4) is 0 Å². The molecule has 0 aromatic rings. The fraction of sp³-hybridized carbons (Fsp3) is 0.846. The van der Waals surface area contributed by atoms with E-state index in [0.717, 1.165) is 38.6 Å². The minimum absolute atomic E-state index is 0.0290. The molecule has 5 nitrogen and oxygen atoms in total. The summed E-state index contributed by atoms with van der Waals surface area (Å²) in [6.45, 7) is 2.26. The van der Waals surface area contributed by atoms with Crippen molar-refractivity contribution < 1.29 is 14.7 Å². The van der Waals surface area contributed by atoms with Gasteiger partial charge in [-0.1, -0.05) is 12.8 Å². The fourth-order valence-corrected chi connectivity index (χ4v) is 2.93. The molecule has 18 heavy (non-hydrogen) atoms. The lowest BCUT2D eigenvalue weighted by Crippen LogP contribution is -2.50. The molecule has 5 heteroatoms. The maximum Gasteiger partial charge on any atom is 0.326 e. The lowest BCUT2D eigenvalue weighted by Gasteiger charge is -2.32. The Kier molecular flexibility index (Phi) is 4.58. The molecule has 0 radical (unpaired) electrons. The highest BCUT2D eigenvalue weighted by Crippen LogP contribution is 2.21. The number of carboxylic acid groups (broad SMARTS) is 1. The molecule has 0 bridgehead atoms. The van der Waals surface area contributed by atoms with Gasteiger partial charge in [-0.2, -0.15) is 0 Å². The van der Waals surface area contributed by atoms with Gasteiger partial charge >= 0.3 is 5.97 Å². The Hall–Kier alpha value is -1.10. The molecular formula is C13H22N2O3. The van der Waals surface area contributed by atoms with Crippen LogP contribution in [0.2, 0.25) is 0 Å². The summed E-state index contributed by atoms with van der Waals surface area (Å²) in [5, 5.41) is 12.5. The first-order valence-electron chi connectivity index (χ1n) is 6.94. The van der Waals surface area contributed by atoms with E-state index in [1.54, 1.807) is 4.90 Å². The van der Waals surface area contributed by atoms with Gasteiger partial charge in [0.15, 0.2) is 0 Å². The number of hydrogen-bond donors (Lipinski definition) is 2. The van der Waals surface area contributed by atoms with Crippen molar-refractivity contribution in [2.45, 2.75) is 44.6 Å². The highest BCUT2D eigenvalue weighted by molar-refractivity contribution is 5.85. The summed E-state index contributed by atoms with van der Waals surface area (Å²) >= 11 is 0. The molecule has 0 aromatic carbocycles. The zero-order valence-corrected chi connectivity index (χ0v) is 10.7. The quantitative estimate of drug-likeness (QED) is 0.766. The second kappa shape index (κ2) is 6.18. The summed E-state index contributed by atoms with van der Waals surface area (Å²) in [5.74, 6) is -0.843. The van der Waals surface area contributed by atoms with E-state index < -0.39 is 12.0 Å². The van der Waals surface area contributed by atoms with Crippen molar-refractivity contribution in [3.63, 3.8) is 0 Å². The van der Waals surface area contributed by atoms with Crippen LogP contribution in [0.3, 0.4) is 0 Å². The molecule has 2 N–H and O–H groups in total. The summed E-state index contributed by atoms with van der Waals surface area (Å²) in [7, 11) is 0. The third-order valence-corrected chi connectivity index (χ3v) is 3.97. The van der Waals surface area contributed by atoms with Crippen LogP contribution in [0.5, 0.6) is 0 Å². The molecule has 2 saturated heterocycles. The number of nitrogens with zero attached hydrogens (tertiary/aromatic N) is 1. The molecule has 2 heterocycles. The summed E-state index contributed by atoms with van der Waals surface area (Å²) in [6, 6.07) is -0.609. The molecule has 2 atom stereocenters. The predicted molar refractivity (Wildman–Crippen MR) is 67.2 cm³/mol. The van der Waals surface area contributed by atoms with Gasteiger partial charge < -0.3 is 15.3 Å². The van der Waals surface area contributed by atoms with Crippen molar-refractivity contribution in [1.29, 1.82) is 0 Å². The van der Waals surface area contributed by atoms with E-state index >= 15 is 0 Å². The van der Waals surface area contributed by atoms with Gasteiger partial charge in [0.1, 0.15) is 6.04 Å². The minimum atomic E-state index is -0.853. The molecule has 102 valence electrons. The van der Waals surface area contributed by atoms with Gasteiger partial charge in [-0.3, -0.25) is 4.79 Å². The zero-order chi connectivity index (χ0) is 13.0. The second-order valence-corrected chi connectivity index (χ2v) is 5.28. The summed E-state index contributed by atoms with van der Waals surface area (Å²) < 4.78 is 0. The average molecular weight is 254 g/mol. The van der Waals surface area contributed by atoms with E-state index in [0.29, 0.717) is 19.5 Å². The topological polar surface area (TPSA) is 69.6 Å². The molecule has 0 aliphatic carbocycles. The van der Waals surface area contributed by atoms with Gasteiger partial charge in [-0.05, 0) is 32.2 Å². The van der Waals surface area contributed by atoms with Crippen LogP contribution < -0.4 is 5.32 Å². The smallest absolute Gasteiger partial charge is 0.326 e. The van der Waals surface area contributed by atoms with E-state index in [1.807, 2.05) is 0 Å². The molecule has 2 aliphatic heterocycles. The Morgan fingerprint density at radius 2 is 1.94 bits per heavy atom. The molecule has 0 aromatic heterocycles. The van der Waals surface area contributed by atoms with Crippen molar-refractivity contribution in [2.24, 2.45) is 5.92 Å². The van der Waals surface area contributed by atoms with Gasteiger partial charge in [0.05, 0.1) is 5.92 Å². The van der Waals surface area contributed by atoms with Gasteiger partial charge in [0.25, 0.3) is 0 Å². The number of hydrogen-bond acceptors (Lipinski definition) is 3. The number of likely N-dealkylation sites (tertiary alicyclic amines) is 1. The van der Waals surface area contributed by atoms with Gasteiger partial charge in [0.2, 0.25) is 5.91 Å². The normalized spacial score (nSPS) is 29.7. The number of nitrogens with one attached hydrogen (secondary N) is 1. The van der Waals surface area contributed by atoms with Crippen molar-refractivity contribution >= 4 is 11.9 Å². The number of amides is 1. The first-order valence-corrected chi connectivity index (χ1v) is 6.94. The number of carbonyl (C=O) groups excluding carboxylic acids is 1. The number of carboxylic acids is 1. The van der Waals surface area contributed by atoms with Gasteiger partial charge in [-0.15, -0.1) is 0 Å². The highest BCUT2D eigenvalue weighted by Gasteiger charge is 2.34. The monoisotopic (exact) mass is 254 g/mol. The maximum absolute atomic E-state index is 12.4. The van der Waals surface area contributed by atoms with Crippen LogP contribution in [-0.2, 0) is 9.59 Å². The molecule has 2 aliphatic rings. The van der Waals surface area contributed by atoms with Crippen LogP contribution in [0, 0.1) is 5.92 Å². The number of rotatable bonds is 2. The van der Waals surface area contributed by atoms with Crippen molar-refractivity contribution in [3.05, 3.63) is 0 Å². The zero-order valence-electron chi connectivity index (χ0n) is 10.7. The number of piperidine rings is 1. The average Bonchev–Trinajstić information content (AvgIpc) is 2.64. The van der Waals surface area contributed by atoms with E-state index in [-0.39, 0.29) is 11.8 Å². The first-order chi connectivity index (χ1) is 8.70. The first kappa shape index (κ1) is 13.3. The molecule has 2 rings (SSSR count). The molecule has 0 spiro atoms. The Bertz CT molecular complexity index is 313. The van der Waals surface area contributed by atoms with Crippen LogP contribution >= 0.6 is 0 Å². The lowest BCUT2D eigenvalue weighted by atomic mass is 9.97. The van der Waals surface area contributed by atoms with Gasteiger partial charge in [0, 0.05) is 13.1 Å². The SMILES string of the molecule is O=C(O)C1CCCCCN1C(=O)C1CCCNC1. The third kappa shape index (κ3) is 3.02. The Morgan fingerprint density at radius 1 is 1.11 bits per heavy atom. The van der Waals surface area contributed by atoms with Crippen molar-refractivity contribution in [1.82, 2.24) is 10.2 Å². The lowest BCUT2D eigenvalue weighted by molar-refractivity contribution is -0.152. The molecule has 2 unspecified atom stereocenters. The van der Waals surface area contributed by atoms with Crippen LogP contribution in [0.15, 0.2) is 0 Å². The largest absolute Gasteiger partial charge is 0.480 e. The minimum Gasteiger partial charge on any atom is -0.480 e. The number of carbonyl (C=O) groups is 2. The highest BCUT2D eigenvalue weighted by atomic mass is 16.4. The second-order valence-electron chi connectivity index (χ2n) is 5.28. The molecule has 1 amide bonds.